The molecule has 28 heavy (non-hydrogen) atoms. The second kappa shape index (κ2) is 8.30. The van der Waals surface area contributed by atoms with E-state index in [9.17, 15) is 19.5 Å². The van der Waals surface area contributed by atoms with Crippen molar-refractivity contribution in [3.8, 4) is 5.75 Å². The highest BCUT2D eigenvalue weighted by molar-refractivity contribution is 7.12. The van der Waals surface area contributed by atoms with Crippen LogP contribution in [0.4, 0.5) is 10.5 Å². The van der Waals surface area contributed by atoms with E-state index in [1.54, 1.807) is 28.3 Å². The van der Waals surface area contributed by atoms with Crippen LogP contribution >= 0.6 is 11.3 Å². The smallest absolute Gasteiger partial charge is 0.348 e. The summed E-state index contributed by atoms with van der Waals surface area (Å²) < 4.78 is 5.74. The fourth-order valence-electron chi connectivity index (χ4n) is 2.87. The number of aromatic carboxylic acids is 1. The number of fused-ring (bicyclic) bond motifs is 1. The highest BCUT2D eigenvalue weighted by Crippen LogP contribution is 2.26. The number of nitrogens with one attached hydrogen (secondary N) is 1. The van der Waals surface area contributed by atoms with Gasteiger partial charge in [0, 0.05) is 26.1 Å². The zero-order valence-corrected chi connectivity index (χ0v) is 16.4. The first-order valence-corrected chi connectivity index (χ1v) is 9.56. The number of ether oxygens (including phenoxy) is 1. The molecule has 8 nitrogen and oxygen atoms in total. The van der Waals surface area contributed by atoms with E-state index < -0.39 is 5.97 Å². The zero-order valence-electron chi connectivity index (χ0n) is 15.6. The average molecular weight is 403 g/mol. The Kier molecular flexibility index (Phi) is 5.84. The quantitative estimate of drug-likeness (QED) is 0.818. The Balaban J connectivity index is 1.75. The fourth-order valence-corrected chi connectivity index (χ4v) is 3.56. The van der Waals surface area contributed by atoms with Gasteiger partial charge in [0.2, 0.25) is 5.91 Å². The number of hydrogen-bond donors (Lipinski definition) is 2. The van der Waals surface area contributed by atoms with Crippen LogP contribution in [0.3, 0.4) is 0 Å². The standard InChI is InChI=1S/C19H21N3O5S/c1-12(23)21(2)10-13-3-4-16-14(9-13)11-22(6-7-27-16)19(26)20-15-5-8-28-17(15)18(24)25/h3-5,8-9H,6-7,10-11H2,1-2H3,(H,20,26)(H,24,25). The number of hydrogen-bond acceptors (Lipinski definition) is 5. The van der Waals surface area contributed by atoms with E-state index in [1.807, 2.05) is 18.2 Å². The summed E-state index contributed by atoms with van der Waals surface area (Å²) in [6.07, 6.45) is 0. The summed E-state index contributed by atoms with van der Waals surface area (Å²) in [5, 5.41) is 13.5. The summed E-state index contributed by atoms with van der Waals surface area (Å²) in [5.74, 6) is -0.405. The molecule has 9 heteroatoms. The summed E-state index contributed by atoms with van der Waals surface area (Å²) in [7, 11) is 1.73. The fraction of sp³-hybridized carbons (Fsp3) is 0.316. The van der Waals surface area contributed by atoms with Crippen molar-refractivity contribution in [2.24, 2.45) is 0 Å². The van der Waals surface area contributed by atoms with Crippen molar-refractivity contribution in [3.05, 3.63) is 45.6 Å². The van der Waals surface area contributed by atoms with Gasteiger partial charge in [0.25, 0.3) is 0 Å². The van der Waals surface area contributed by atoms with Crippen LogP contribution in [0.25, 0.3) is 0 Å². The van der Waals surface area contributed by atoms with E-state index in [0.717, 1.165) is 22.5 Å². The van der Waals surface area contributed by atoms with Crippen LogP contribution in [0.1, 0.15) is 27.7 Å². The second-order valence-electron chi connectivity index (χ2n) is 6.49. The number of benzene rings is 1. The van der Waals surface area contributed by atoms with Crippen LogP contribution in [0, 0.1) is 0 Å². The Morgan fingerprint density at radius 1 is 1.32 bits per heavy atom. The van der Waals surface area contributed by atoms with Gasteiger partial charge in [-0.25, -0.2) is 9.59 Å². The highest BCUT2D eigenvalue weighted by Gasteiger charge is 2.22. The molecule has 1 aliphatic heterocycles. The van der Waals surface area contributed by atoms with Crippen molar-refractivity contribution in [2.45, 2.75) is 20.0 Å². The molecular weight excluding hydrogens is 382 g/mol. The monoisotopic (exact) mass is 403 g/mol. The van der Waals surface area contributed by atoms with E-state index in [-0.39, 0.29) is 22.5 Å². The van der Waals surface area contributed by atoms with Gasteiger partial charge in [-0.3, -0.25) is 4.79 Å². The molecule has 148 valence electrons. The van der Waals surface area contributed by atoms with Gasteiger partial charge < -0.3 is 25.0 Å². The lowest BCUT2D eigenvalue weighted by molar-refractivity contribution is -0.128. The molecule has 0 fully saturated rings. The van der Waals surface area contributed by atoms with Crippen molar-refractivity contribution < 1.29 is 24.2 Å². The van der Waals surface area contributed by atoms with E-state index in [4.69, 9.17) is 4.74 Å². The first-order valence-electron chi connectivity index (χ1n) is 8.68. The maximum absolute atomic E-state index is 12.7. The van der Waals surface area contributed by atoms with Crippen LogP contribution in [0.2, 0.25) is 0 Å². The van der Waals surface area contributed by atoms with Crippen molar-refractivity contribution in [1.82, 2.24) is 9.80 Å². The van der Waals surface area contributed by atoms with Crippen LogP contribution < -0.4 is 10.1 Å². The molecule has 0 saturated heterocycles. The van der Waals surface area contributed by atoms with E-state index in [2.05, 4.69) is 5.32 Å². The number of amides is 3. The Bertz CT molecular complexity index is 911. The topological polar surface area (TPSA) is 99.2 Å². The van der Waals surface area contributed by atoms with Gasteiger partial charge in [-0.05, 0) is 29.1 Å². The number of urea groups is 1. The molecule has 1 aromatic heterocycles. The largest absolute Gasteiger partial charge is 0.491 e. The number of thiophene rings is 1. The normalized spacial score (nSPS) is 13.1. The van der Waals surface area contributed by atoms with Gasteiger partial charge in [-0.15, -0.1) is 11.3 Å². The van der Waals surface area contributed by atoms with Gasteiger partial charge in [0.05, 0.1) is 18.8 Å². The van der Waals surface area contributed by atoms with Crippen molar-refractivity contribution in [2.75, 3.05) is 25.5 Å². The number of anilines is 1. The molecule has 2 aromatic rings. The predicted octanol–water partition coefficient (Wildman–Crippen LogP) is 2.85. The van der Waals surface area contributed by atoms with Crippen LogP contribution in [0.5, 0.6) is 5.75 Å². The first-order chi connectivity index (χ1) is 13.3. The Labute approximate surface area is 166 Å². The van der Waals surface area contributed by atoms with E-state index >= 15 is 0 Å². The summed E-state index contributed by atoms with van der Waals surface area (Å²) in [6, 6.07) is 6.86. The average Bonchev–Trinajstić information content (AvgIpc) is 3.00. The Morgan fingerprint density at radius 2 is 2.11 bits per heavy atom. The van der Waals surface area contributed by atoms with Crippen LogP contribution in [-0.2, 0) is 17.9 Å². The Morgan fingerprint density at radius 3 is 2.82 bits per heavy atom. The number of carboxylic acids is 1. The third kappa shape index (κ3) is 4.42. The predicted molar refractivity (Wildman–Crippen MR) is 105 cm³/mol. The molecule has 0 radical (unpaired) electrons. The zero-order chi connectivity index (χ0) is 20.3. The van der Waals surface area contributed by atoms with Crippen LogP contribution in [0.15, 0.2) is 29.6 Å². The van der Waals surface area contributed by atoms with Crippen molar-refractivity contribution >= 4 is 34.9 Å². The third-order valence-electron chi connectivity index (χ3n) is 4.45. The number of carbonyl (C=O) groups is 3. The van der Waals surface area contributed by atoms with Crippen LogP contribution in [-0.4, -0.2) is 53.0 Å². The Hall–Kier alpha value is -3.07. The summed E-state index contributed by atoms with van der Waals surface area (Å²) in [6.45, 7) is 3.00. The minimum atomic E-state index is -1.07. The molecule has 2 N–H and O–H groups in total. The molecule has 0 unspecified atom stereocenters. The SMILES string of the molecule is CC(=O)N(C)Cc1ccc2c(c1)CN(C(=O)Nc1ccsc1C(=O)O)CCO2. The molecule has 0 spiro atoms. The molecule has 0 atom stereocenters. The van der Waals surface area contributed by atoms with Gasteiger partial charge in [0.1, 0.15) is 17.2 Å². The maximum Gasteiger partial charge on any atom is 0.348 e. The maximum atomic E-state index is 12.7. The lowest BCUT2D eigenvalue weighted by Gasteiger charge is -2.21. The van der Waals surface area contributed by atoms with Gasteiger partial charge in [-0.2, -0.15) is 0 Å². The first kappa shape index (κ1) is 19.7. The molecule has 0 aliphatic carbocycles. The third-order valence-corrected chi connectivity index (χ3v) is 5.35. The second-order valence-corrected chi connectivity index (χ2v) is 7.40. The van der Waals surface area contributed by atoms with E-state index in [1.165, 1.54) is 6.92 Å². The molecule has 3 amide bonds. The lowest BCUT2D eigenvalue weighted by atomic mass is 10.1. The number of nitrogens with zero attached hydrogens (tertiary/aromatic N) is 2. The van der Waals surface area contributed by atoms with Crippen molar-refractivity contribution in [1.29, 1.82) is 0 Å². The summed E-state index contributed by atoms with van der Waals surface area (Å²) in [4.78, 5) is 38.6. The van der Waals surface area contributed by atoms with Gasteiger partial charge >= 0.3 is 12.0 Å². The molecule has 0 bridgehead atoms. The lowest BCUT2D eigenvalue weighted by Crippen LogP contribution is -2.36. The molecule has 0 saturated carbocycles. The highest BCUT2D eigenvalue weighted by atomic mass is 32.1. The molecule has 1 aromatic carbocycles. The minimum absolute atomic E-state index is 0.0304. The van der Waals surface area contributed by atoms with E-state index in [0.29, 0.717) is 32.0 Å². The number of carbonyl (C=O) groups excluding carboxylic acids is 2. The van der Waals surface area contributed by atoms with Gasteiger partial charge in [0.15, 0.2) is 0 Å². The summed E-state index contributed by atoms with van der Waals surface area (Å²) >= 11 is 1.06. The molecular formula is C19H21N3O5S. The summed E-state index contributed by atoms with van der Waals surface area (Å²) in [5.41, 5.74) is 2.06. The van der Waals surface area contributed by atoms with Crippen molar-refractivity contribution in [3.63, 3.8) is 0 Å². The molecule has 3 rings (SSSR count). The number of rotatable bonds is 4. The minimum Gasteiger partial charge on any atom is -0.491 e. The number of carboxylic acid groups (broad SMARTS) is 1. The van der Waals surface area contributed by atoms with Gasteiger partial charge in [-0.1, -0.05) is 6.07 Å². The molecule has 1 aliphatic rings. The molecule has 2 heterocycles.